The van der Waals surface area contributed by atoms with Crippen LogP contribution in [0.3, 0.4) is 0 Å². The molecule has 3 N–H and O–H groups in total. The van der Waals surface area contributed by atoms with Crippen LogP contribution in [-0.4, -0.2) is 26.9 Å². The Morgan fingerprint density at radius 2 is 1.72 bits per heavy atom. The predicted molar refractivity (Wildman–Crippen MR) is 105 cm³/mol. The van der Waals surface area contributed by atoms with Crippen LogP contribution >= 0.6 is 0 Å². The molecule has 0 bridgehead atoms. The Hall–Kier alpha value is -3.75. The molecule has 2 aromatic heterocycles. The molecule has 0 radical (unpaired) electrons. The first-order valence-corrected chi connectivity index (χ1v) is 8.91. The van der Waals surface area contributed by atoms with Gasteiger partial charge >= 0.3 is 0 Å². The number of amides is 2. The van der Waals surface area contributed by atoms with Crippen LogP contribution in [0, 0.1) is 6.92 Å². The van der Waals surface area contributed by atoms with Gasteiger partial charge in [-0.3, -0.25) is 25.2 Å². The molecule has 9 nitrogen and oxygen atoms in total. The van der Waals surface area contributed by atoms with Crippen molar-refractivity contribution in [3.05, 3.63) is 69.5 Å². The Balaban J connectivity index is 1.71. The summed E-state index contributed by atoms with van der Waals surface area (Å²) in [5.74, 6) is -0.581. The number of aromatic nitrogens is 3. The molecule has 0 unspecified atom stereocenters. The van der Waals surface area contributed by atoms with E-state index in [1.807, 2.05) is 51.1 Å². The van der Waals surface area contributed by atoms with Crippen molar-refractivity contribution in [3.8, 4) is 11.3 Å². The summed E-state index contributed by atoms with van der Waals surface area (Å²) in [6, 6.07) is 10.6. The second-order valence-corrected chi connectivity index (χ2v) is 7.48. The van der Waals surface area contributed by atoms with Crippen molar-refractivity contribution in [1.29, 1.82) is 0 Å². The van der Waals surface area contributed by atoms with E-state index in [9.17, 15) is 14.4 Å². The maximum Gasteiger partial charge on any atom is 0.291 e. The summed E-state index contributed by atoms with van der Waals surface area (Å²) in [6.07, 6.45) is 0. The first-order valence-electron chi connectivity index (χ1n) is 8.91. The molecule has 2 heterocycles. The van der Waals surface area contributed by atoms with Crippen LogP contribution in [0.2, 0.25) is 0 Å². The first-order chi connectivity index (χ1) is 13.7. The van der Waals surface area contributed by atoms with E-state index in [0.717, 1.165) is 5.56 Å². The number of hydrogen-bond donors (Lipinski definition) is 3. The predicted octanol–water partition coefficient (Wildman–Crippen LogP) is 2.11. The van der Waals surface area contributed by atoms with Gasteiger partial charge in [0, 0.05) is 17.0 Å². The van der Waals surface area contributed by atoms with Gasteiger partial charge in [-0.2, -0.15) is 0 Å². The molecule has 0 saturated carbocycles. The Labute approximate surface area is 166 Å². The Morgan fingerprint density at radius 1 is 1.07 bits per heavy atom. The van der Waals surface area contributed by atoms with Crippen molar-refractivity contribution in [2.45, 2.75) is 33.1 Å². The molecule has 9 heteroatoms. The Morgan fingerprint density at radius 3 is 2.34 bits per heavy atom. The molecular weight excluding hydrogens is 374 g/mol. The highest BCUT2D eigenvalue weighted by Crippen LogP contribution is 2.19. The number of H-pyrrole nitrogens is 1. The van der Waals surface area contributed by atoms with Gasteiger partial charge in [0.2, 0.25) is 0 Å². The normalized spacial score (nSPS) is 11.2. The molecule has 0 aliphatic heterocycles. The zero-order chi connectivity index (χ0) is 21.2. The summed E-state index contributed by atoms with van der Waals surface area (Å²) in [4.78, 5) is 43.8. The van der Waals surface area contributed by atoms with Crippen LogP contribution in [0.15, 0.2) is 45.7 Å². The number of hydrogen-bond acceptors (Lipinski definition) is 6. The number of nitrogens with zero attached hydrogens (tertiary/aromatic N) is 2. The summed E-state index contributed by atoms with van der Waals surface area (Å²) in [5, 5.41) is 3.70. The van der Waals surface area contributed by atoms with Gasteiger partial charge < -0.3 is 9.51 Å². The molecule has 150 valence electrons. The van der Waals surface area contributed by atoms with Crippen LogP contribution in [-0.2, 0) is 5.41 Å². The van der Waals surface area contributed by atoms with Crippen LogP contribution in [0.5, 0.6) is 0 Å². The van der Waals surface area contributed by atoms with E-state index in [2.05, 4.69) is 26.0 Å². The lowest BCUT2D eigenvalue weighted by atomic mass is 9.95. The van der Waals surface area contributed by atoms with E-state index in [1.165, 1.54) is 6.07 Å². The first kappa shape index (κ1) is 20.0. The highest BCUT2D eigenvalue weighted by molar-refractivity contribution is 5.98. The molecule has 3 rings (SSSR count). The van der Waals surface area contributed by atoms with E-state index < -0.39 is 17.4 Å². The summed E-state index contributed by atoms with van der Waals surface area (Å²) in [6.45, 7) is 7.25. The maximum absolute atomic E-state index is 12.4. The van der Waals surface area contributed by atoms with Crippen molar-refractivity contribution >= 4 is 11.8 Å². The highest BCUT2D eigenvalue weighted by atomic mass is 16.5. The van der Waals surface area contributed by atoms with E-state index in [1.54, 1.807) is 6.92 Å². The van der Waals surface area contributed by atoms with Crippen molar-refractivity contribution in [2.24, 2.45) is 0 Å². The number of carbonyl (C=O) groups excluding carboxylic acids is 2. The van der Waals surface area contributed by atoms with Crippen molar-refractivity contribution in [3.63, 3.8) is 0 Å². The van der Waals surface area contributed by atoms with Crippen molar-refractivity contribution < 1.29 is 14.1 Å². The zero-order valence-electron chi connectivity index (χ0n) is 16.5. The third-order valence-electron chi connectivity index (χ3n) is 4.13. The van der Waals surface area contributed by atoms with Gasteiger partial charge in [-0.05, 0) is 6.92 Å². The summed E-state index contributed by atoms with van der Waals surface area (Å²) in [5.41, 5.74) is 4.29. The molecule has 0 spiro atoms. The summed E-state index contributed by atoms with van der Waals surface area (Å²) >= 11 is 0. The quantitative estimate of drug-likeness (QED) is 0.582. The largest absolute Gasteiger partial charge is 0.355 e. The van der Waals surface area contributed by atoms with E-state index in [0.29, 0.717) is 11.6 Å². The van der Waals surface area contributed by atoms with Gasteiger partial charge in [0.25, 0.3) is 17.4 Å². The molecule has 0 atom stereocenters. The number of benzene rings is 1. The van der Waals surface area contributed by atoms with E-state index >= 15 is 0 Å². The molecule has 29 heavy (non-hydrogen) atoms. The smallest absolute Gasteiger partial charge is 0.291 e. The van der Waals surface area contributed by atoms with E-state index in [4.69, 9.17) is 4.52 Å². The second-order valence-electron chi connectivity index (χ2n) is 7.48. The second kappa shape index (κ2) is 7.70. The monoisotopic (exact) mass is 395 g/mol. The third-order valence-corrected chi connectivity index (χ3v) is 4.13. The number of nitrogens with one attached hydrogen (secondary N) is 3. The Bertz CT molecular complexity index is 1110. The molecule has 1 aromatic carbocycles. The van der Waals surface area contributed by atoms with Gasteiger partial charge in [0.05, 0.1) is 5.69 Å². The fraction of sp³-hybridized carbons (Fsp3) is 0.250. The lowest BCUT2D eigenvalue weighted by Crippen LogP contribution is -2.44. The molecule has 0 saturated heterocycles. The lowest BCUT2D eigenvalue weighted by molar-refractivity contribution is 0.0840. The molecule has 0 aliphatic carbocycles. The van der Waals surface area contributed by atoms with Crippen molar-refractivity contribution in [2.75, 3.05) is 0 Å². The van der Waals surface area contributed by atoms with Gasteiger partial charge in [-0.15, -0.1) is 0 Å². The maximum atomic E-state index is 12.4. The number of carbonyl (C=O) groups is 2. The molecule has 3 aromatic rings. The number of rotatable bonds is 3. The minimum atomic E-state index is -0.781. The topological polar surface area (TPSA) is 130 Å². The Kier molecular flexibility index (Phi) is 5.31. The van der Waals surface area contributed by atoms with Gasteiger partial charge in [-0.1, -0.05) is 56.3 Å². The summed E-state index contributed by atoms with van der Waals surface area (Å²) in [7, 11) is 0. The number of hydrazine groups is 1. The van der Waals surface area contributed by atoms with Gasteiger partial charge in [-0.25, -0.2) is 4.98 Å². The number of aromatic amines is 1. The number of aryl methyl sites for hydroxylation is 1. The molecular formula is C20H21N5O4. The SMILES string of the molecule is Cc1nc(C(C)(C)C)[nH]c(=O)c1C(=O)NNC(=O)c1cc(-c2ccccc2)on1. The third kappa shape index (κ3) is 4.40. The highest BCUT2D eigenvalue weighted by Gasteiger charge is 2.23. The fourth-order valence-electron chi connectivity index (χ4n) is 2.57. The minimum Gasteiger partial charge on any atom is -0.355 e. The van der Waals surface area contributed by atoms with Crippen LogP contribution in [0.1, 0.15) is 53.1 Å². The zero-order valence-corrected chi connectivity index (χ0v) is 16.5. The van der Waals surface area contributed by atoms with Gasteiger partial charge in [0.1, 0.15) is 11.4 Å². The standard InChI is InChI=1S/C20H21N5O4/c1-11-15(17(27)22-19(21-11)20(2,3)4)18(28)24-23-16(26)13-10-14(29-25-13)12-8-6-5-7-9-12/h5-10H,1-4H3,(H,23,26)(H,24,28)(H,21,22,27). The molecule has 0 fully saturated rings. The molecule has 0 aliphatic rings. The van der Waals surface area contributed by atoms with Crippen molar-refractivity contribution in [1.82, 2.24) is 26.0 Å². The van der Waals surface area contributed by atoms with E-state index in [-0.39, 0.29) is 22.4 Å². The molecule has 2 amide bonds. The average Bonchev–Trinajstić information content (AvgIpc) is 3.16. The fourth-order valence-corrected chi connectivity index (χ4v) is 2.57. The van der Waals surface area contributed by atoms with Gasteiger partial charge in [0.15, 0.2) is 11.5 Å². The van der Waals surface area contributed by atoms with Crippen LogP contribution in [0.25, 0.3) is 11.3 Å². The van der Waals surface area contributed by atoms with Crippen LogP contribution in [0.4, 0.5) is 0 Å². The summed E-state index contributed by atoms with van der Waals surface area (Å²) < 4.78 is 5.16. The minimum absolute atomic E-state index is 0.0176. The lowest BCUT2D eigenvalue weighted by Gasteiger charge is -2.18. The average molecular weight is 395 g/mol. The van der Waals surface area contributed by atoms with Crippen LogP contribution < -0.4 is 16.4 Å².